The number of aliphatic hydroxyl groups excluding tert-OH is 1. The second-order valence-electron chi connectivity index (χ2n) is 5.06. The van der Waals surface area contributed by atoms with Gasteiger partial charge >= 0.3 is 0 Å². The first-order valence-corrected chi connectivity index (χ1v) is 7.14. The second kappa shape index (κ2) is 6.89. The van der Waals surface area contributed by atoms with Crippen molar-refractivity contribution in [3.63, 3.8) is 0 Å². The van der Waals surface area contributed by atoms with E-state index < -0.39 is 6.10 Å². The van der Waals surface area contributed by atoms with Gasteiger partial charge in [0.15, 0.2) is 0 Å². The molecule has 0 aliphatic rings. The number of benzene rings is 1. The Labute approximate surface area is 133 Å². The predicted molar refractivity (Wildman–Crippen MR) is 84.8 cm³/mol. The number of aromatic nitrogens is 5. The van der Waals surface area contributed by atoms with Crippen LogP contribution < -0.4 is 4.74 Å². The van der Waals surface area contributed by atoms with Gasteiger partial charge in [-0.3, -0.25) is 0 Å². The van der Waals surface area contributed by atoms with E-state index in [-0.39, 0.29) is 5.82 Å². The Morgan fingerprint density at radius 1 is 1.26 bits per heavy atom. The van der Waals surface area contributed by atoms with Crippen LogP contribution in [-0.2, 0) is 6.42 Å². The van der Waals surface area contributed by atoms with Gasteiger partial charge in [0.25, 0.3) is 0 Å². The molecule has 0 aliphatic heterocycles. The van der Waals surface area contributed by atoms with Crippen LogP contribution in [0.5, 0.6) is 5.75 Å². The first kappa shape index (κ1) is 15.0. The molecule has 1 unspecified atom stereocenters. The van der Waals surface area contributed by atoms with Crippen LogP contribution in [0.3, 0.4) is 0 Å². The maximum absolute atomic E-state index is 9.86. The lowest BCUT2D eigenvalue weighted by Gasteiger charge is -2.01. The molecule has 7 nitrogen and oxygen atoms in total. The van der Waals surface area contributed by atoms with Crippen molar-refractivity contribution in [1.82, 2.24) is 25.6 Å². The van der Waals surface area contributed by atoms with Crippen molar-refractivity contribution >= 4 is 6.08 Å². The van der Waals surface area contributed by atoms with Crippen molar-refractivity contribution in [2.45, 2.75) is 12.5 Å². The number of hydrogen-bond donors (Lipinski definition) is 3. The number of aromatic amines is 2. The quantitative estimate of drug-likeness (QED) is 0.645. The number of rotatable bonds is 6. The van der Waals surface area contributed by atoms with Gasteiger partial charge in [0, 0.05) is 11.9 Å². The Hall–Kier alpha value is -2.93. The molecule has 0 spiro atoms. The van der Waals surface area contributed by atoms with Crippen molar-refractivity contribution < 1.29 is 9.84 Å². The zero-order valence-corrected chi connectivity index (χ0v) is 12.6. The van der Waals surface area contributed by atoms with Crippen molar-refractivity contribution in [2.75, 3.05) is 7.11 Å². The molecule has 0 saturated carbocycles. The van der Waals surface area contributed by atoms with Crippen molar-refractivity contribution in [3.05, 3.63) is 65.2 Å². The molecule has 2 aromatic heterocycles. The van der Waals surface area contributed by atoms with E-state index in [0.717, 1.165) is 23.4 Å². The molecule has 0 amide bonds. The Morgan fingerprint density at radius 2 is 2.09 bits per heavy atom. The lowest BCUT2D eigenvalue weighted by atomic mass is 10.1. The highest BCUT2D eigenvalue weighted by molar-refractivity contribution is 5.48. The van der Waals surface area contributed by atoms with E-state index in [1.165, 1.54) is 5.56 Å². The maximum Gasteiger partial charge on any atom is 0.206 e. The third-order valence-corrected chi connectivity index (χ3v) is 3.42. The van der Waals surface area contributed by atoms with E-state index in [4.69, 9.17) is 4.74 Å². The number of methoxy groups -OCH3 is 1. The van der Waals surface area contributed by atoms with Crippen LogP contribution in [0.15, 0.2) is 42.6 Å². The number of hydrogen-bond acceptors (Lipinski definition) is 5. The molecule has 2 heterocycles. The Balaban J connectivity index is 1.63. The molecule has 1 atom stereocenters. The summed E-state index contributed by atoms with van der Waals surface area (Å²) in [5.74, 6) is 1.09. The second-order valence-corrected chi connectivity index (χ2v) is 5.06. The zero-order valence-electron chi connectivity index (χ0n) is 12.6. The van der Waals surface area contributed by atoms with Crippen LogP contribution >= 0.6 is 0 Å². The van der Waals surface area contributed by atoms with Gasteiger partial charge in [-0.2, -0.15) is 5.21 Å². The summed E-state index contributed by atoms with van der Waals surface area (Å²) in [7, 11) is 1.66. The van der Waals surface area contributed by atoms with Gasteiger partial charge in [0.1, 0.15) is 11.9 Å². The topological polar surface area (TPSA) is 99.7 Å². The minimum absolute atomic E-state index is 0.242. The van der Waals surface area contributed by atoms with Crippen LogP contribution in [0.25, 0.3) is 6.08 Å². The first-order valence-electron chi connectivity index (χ1n) is 7.14. The molecule has 3 aromatic rings. The monoisotopic (exact) mass is 311 g/mol. The summed E-state index contributed by atoms with van der Waals surface area (Å²) in [6.07, 6.45) is 5.28. The Kier molecular flexibility index (Phi) is 4.49. The minimum atomic E-state index is -0.887. The van der Waals surface area contributed by atoms with Gasteiger partial charge in [-0.25, -0.2) is 0 Å². The molecule has 7 heteroatoms. The molecule has 3 rings (SSSR count). The van der Waals surface area contributed by atoms with Crippen LogP contribution in [0.4, 0.5) is 0 Å². The van der Waals surface area contributed by atoms with Crippen LogP contribution in [-0.4, -0.2) is 37.8 Å². The molecule has 0 radical (unpaired) electrons. The third-order valence-electron chi connectivity index (χ3n) is 3.42. The largest absolute Gasteiger partial charge is 0.497 e. The lowest BCUT2D eigenvalue weighted by Crippen LogP contribution is -1.95. The standard InChI is InChI=1S/C16H17N5O2/c1-23-14-5-2-11(3-6-14)8-12-9-13(17-10-12)4-7-15(22)16-18-20-21-19-16/h2-7,9-10,15,17,22H,8H2,1H3,(H,18,19,20,21). The van der Waals surface area contributed by atoms with E-state index in [9.17, 15) is 5.11 Å². The number of nitrogens with zero attached hydrogens (tertiary/aromatic N) is 3. The van der Waals surface area contributed by atoms with Crippen molar-refractivity contribution in [3.8, 4) is 5.75 Å². The maximum atomic E-state index is 9.86. The molecule has 3 N–H and O–H groups in total. The molecule has 0 aliphatic carbocycles. The van der Waals surface area contributed by atoms with Crippen LogP contribution in [0.2, 0.25) is 0 Å². The van der Waals surface area contributed by atoms with Gasteiger partial charge in [-0.15, -0.1) is 10.2 Å². The molecule has 1 aromatic carbocycles. The normalized spacial score (nSPS) is 12.6. The van der Waals surface area contributed by atoms with Crippen molar-refractivity contribution in [2.24, 2.45) is 0 Å². The summed E-state index contributed by atoms with van der Waals surface area (Å²) in [5.41, 5.74) is 3.26. The van der Waals surface area contributed by atoms with Gasteiger partial charge in [-0.1, -0.05) is 17.3 Å². The molecular weight excluding hydrogens is 294 g/mol. The number of H-pyrrole nitrogens is 2. The van der Waals surface area contributed by atoms with Crippen LogP contribution in [0, 0.1) is 0 Å². The minimum Gasteiger partial charge on any atom is -0.497 e. The Morgan fingerprint density at radius 3 is 2.78 bits per heavy atom. The van der Waals surface area contributed by atoms with Gasteiger partial charge in [0.2, 0.25) is 5.82 Å². The number of tetrazole rings is 1. The zero-order chi connectivity index (χ0) is 16.1. The van der Waals surface area contributed by atoms with Gasteiger partial charge < -0.3 is 14.8 Å². The fraction of sp³-hybridized carbons (Fsp3) is 0.188. The fourth-order valence-corrected chi connectivity index (χ4v) is 2.21. The predicted octanol–water partition coefficient (Wildman–Crippen LogP) is 1.87. The van der Waals surface area contributed by atoms with Crippen molar-refractivity contribution in [1.29, 1.82) is 0 Å². The molecule has 23 heavy (non-hydrogen) atoms. The average molecular weight is 311 g/mol. The molecule has 118 valence electrons. The SMILES string of the molecule is COc1ccc(Cc2c[nH]c(C=CC(O)c3nn[nH]n3)c2)cc1. The summed E-state index contributed by atoms with van der Waals surface area (Å²) < 4.78 is 5.15. The first-order chi connectivity index (χ1) is 11.2. The lowest BCUT2D eigenvalue weighted by molar-refractivity contribution is 0.219. The number of nitrogens with one attached hydrogen (secondary N) is 2. The Bertz CT molecular complexity index is 762. The fourth-order valence-electron chi connectivity index (χ4n) is 2.21. The van der Waals surface area contributed by atoms with E-state index >= 15 is 0 Å². The summed E-state index contributed by atoms with van der Waals surface area (Å²) in [6, 6.07) is 10.0. The van der Waals surface area contributed by atoms with Gasteiger partial charge in [0.05, 0.1) is 7.11 Å². The average Bonchev–Trinajstić information content (AvgIpc) is 3.25. The third kappa shape index (κ3) is 3.83. The number of aliphatic hydroxyl groups is 1. The smallest absolute Gasteiger partial charge is 0.206 e. The van der Waals surface area contributed by atoms with E-state index in [1.807, 2.05) is 36.5 Å². The summed E-state index contributed by atoms with van der Waals surface area (Å²) in [5, 5.41) is 23.1. The van der Waals surface area contributed by atoms with E-state index in [2.05, 4.69) is 25.6 Å². The molecule has 0 bridgehead atoms. The van der Waals surface area contributed by atoms with Crippen LogP contribution in [0.1, 0.15) is 28.7 Å². The molecule has 0 saturated heterocycles. The summed E-state index contributed by atoms with van der Waals surface area (Å²) in [4.78, 5) is 3.16. The summed E-state index contributed by atoms with van der Waals surface area (Å²) >= 11 is 0. The highest BCUT2D eigenvalue weighted by Crippen LogP contribution is 2.16. The molecule has 0 fully saturated rings. The summed E-state index contributed by atoms with van der Waals surface area (Å²) in [6.45, 7) is 0. The van der Waals surface area contributed by atoms with E-state index in [1.54, 1.807) is 19.3 Å². The number of ether oxygens (including phenoxy) is 1. The molecular formula is C16H17N5O2. The highest BCUT2D eigenvalue weighted by atomic mass is 16.5. The highest BCUT2D eigenvalue weighted by Gasteiger charge is 2.08. The van der Waals surface area contributed by atoms with Gasteiger partial charge in [-0.05, 0) is 47.9 Å². The van der Waals surface area contributed by atoms with E-state index in [0.29, 0.717) is 0 Å².